The molecule has 1 saturated heterocycles. The zero-order valence-corrected chi connectivity index (χ0v) is 18.8. The van der Waals surface area contributed by atoms with Gasteiger partial charge in [0, 0.05) is 26.2 Å². The summed E-state index contributed by atoms with van der Waals surface area (Å²) in [6.45, 7) is 5.25. The van der Waals surface area contributed by atoms with Gasteiger partial charge in [-0.2, -0.15) is 0 Å². The van der Waals surface area contributed by atoms with Crippen molar-refractivity contribution in [2.24, 2.45) is 0 Å². The molecule has 0 amide bonds. The molecule has 1 fully saturated rings. The number of nitrogens with zero attached hydrogens (tertiary/aromatic N) is 1. The van der Waals surface area contributed by atoms with E-state index in [2.05, 4.69) is 40.8 Å². The third kappa shape index (κ3) is 6.52. The molecule has 0 unspecified atom stereocenters. The van der Waals surface area contributed by atoms with E-state index in [1.807, 2.05) is 12.1 Å². The topological polar surface area (TPSA) is 58.6 Å². The second kappa shape index (κ2) is 11.1. The lowest BCUT2D eigenvalue weighted by atomic mass is 10.0. The maximum absolute atomic E-state index is 12.2. The van der Waals surface area contributed by atoms with Gasteiger partial charge in [0.25, 0.3) is 0 Å². The third-order valence-corrected chi connectivity index (χ3v) is 6.91. The van der Waals surface area contributed by atoms with Gasteiger partial charge in [-0.05, 0) is 61.6 Å². The second-order valence-electron chi connectivity index (χ2n) is 7.39. The molecule has 2 aromatic carbocycles. The Morgan fingerprint density at radius 1 is 1.07 bits per heavy atom. The Labute approximate surface area is 180 Å². The van der Waals surface area contributed by atoms with Crippen LogP contribution in [0.2, 0.25) is 0 Å². The highest BCUT2D eigenvalue weighted by Crippen LogP contribution is 2.23. The third-order valence-electron chi connectivity index (χ3n) is 5.43. The van der Waals surface area contributed by atoms with Crippen molar-refractivity contribution < 1.29 is 13.2 Å². The summed E-state index contributed by atoms with van der Waals surface area (Å²) < 4.78 is 31.9. The maximum atomic E-state index is 12.2. The fourth-order valence-corrected chi connectivity index (χ4v) is 4.66. The SMILES string of the molecule is COCCNS(=O)(=O)c1ccc(-c2ccc(CCN3CCC[C@H]3C)cc2)cc1.Cl. The minimum absolute atomic E-state index is 0. The molecule has 7 heteroatoms. The van der Waals surface area contributed by atoms with Gasteiger partial charge in [0.1, 0.15) is 0 Å². The summed E-state index contributed by atoms with van der Waals surface area (Å²) in [7, 11) is -1.95. The zero-order valence-electron chi connectivity index (χ0n) is 17.1. The van der Waals surface area contributed by atoms with Crippen LogP contribution in [0.5, 0.6) is 0 Å². The molecule has 3 rings (SSSR count). The highest BCUT2D eigenvalue weighted by Gasteiger charge is 2.19. The van der Waals surface area contributed by atoms with Gasteiger partial charge in [0.2, 0.25) is 10.0 Å². The van der Waals surface area contributed by atoms with E-state index < -0.39 is 10.0 Å². The molecular weight excluding hydrogens is 408 g/mol. The quantitative estimate of drug-likeness (QED) is 0.606. The first kappa shape index (κ1) is 23.8. The number of hydrogen-bond donors (Lipinski definition) is 1. The fraction of sp³-hybridized carbons (Fsp3) is 0.455. The van der Waals surface area contributed by atoms with E-state index >= 15 is 0 Å². The van der Waals surface area contributed by atoms with Gasteiger partial charge >= 0.3 is 0 Å². The van der Waals surface area contributed by atoms with Crippen molar-refractivity contribution in [3.8, 4) is 11.1 Å². The Kier molecular flexibility index (Phi) is 9.11. The Bertz CT molecular complexity index is 855. The van der Waals surface area contributed by atoms with Gasteiger partial charge in [0.05, 0.1) is 11.5 Å². The second-order valence-corrected chi connectivity index (χ2v) is 9.16. The van der Waals surface area contributed by atoms with Crippen molar-refractivity contribution >= 4 is 22.4 Å². The van der Waals surface area contributed by atoms with Crippen LogP contribution in [-0.2, 0) is 21.2 Å². The lowest BCUT2D eigenvalue weighted by molar-refractivity contribution is 0.204. The smallest absolute Gasteiger partial charge is 0.240 e. The molecule has 160 valence electrons. The monoisotopic (exact) mass is 438 g/mol. The van der Waals surface area contributed by atoms with Crippen LogP contribution in [0.3, 0.4) is 0 Å². The molecule has 0 aromatic heterocycles. The van der Waals surface area contributed by atoms with Crippen LogP contribution in [-0.4, -0.2) is 52.7 Å². The normalized spacial score (nSPS) is 17.2. The van der Waals surface area contributed by atoms with E-state index in [0.29, 0.717) is 12.6 Å². The highest BCUT2D eigenvalue weighted by molar-refractivity contribution is 7.89. The highest BCUT2D eigenvalue weighted by atomic mass is 35.5. The average molecular weight is 439 g/mol. The van der Waals surface area contributed by atoms with Crippen LogP contribution in [0.1, 0.15) is 25.3 Å². The molecule has 0 saturated carbocycles. The number of nitrogens with one attached hydrogen (secondary N) is 1. The molecule has 1 N–H and O–H groups in total. The molecule has 1 aliphatic heterocycles. The summed E-state index contributed by atoms with van der Waals surface area (Å²) >= 11 is 0. The molecule has 1 heterocycles. The molecule has 29 heavy (non-hydrogen) atoms. The standard InChI is InChI=1S/C22H30N2O3S.ClH/c1-18-4-3-15-24(18)16-13-19-5-7-20(8-6-19)21-9-11-22(12-10-21)28(25,26)23-14-17-27-2;/h5-12,18,23H,3-4,13-17H2,1-2H3;1H/t18-;/m1./s1. The van der Waals surface area contributed by atoms with Crippen LogP contribution >= 0.6 is 12.4 Å². The van der Waals surface area contributed by atoms with Gasteiger partial charge in [0.15, 0.2) is 0 Å². The van der Waals surface area contributed by atoms with E-state index in [0.717, 1.165) is 24.1 Å². The van der Waals surface area contributed by atoms with Gasteiger partial charge in [-0.1, -0.05) is 36.4 Å². The summed E-state index contributed by atoms with van der Waals surface area (Å²) in [5, 5.41) is 0. The van der Waals surface area contributed by atoms with Crippen molar-refractivity contribution in [3.63, 3.8) is 0 Å². The summed E-state index contributed by atoms with van der Waals surface area (Å²) in [6, 6.07) is 16.3. The van der Waals surface area contributed by atoms with Crippen LogP contribution < -0.4 is 4.72 Å². The lowest BCUT2D eigenvalue weighted by Gasteiger charge is -2.20. The predicted molar refractivity (Wildman–Crippen MR) is 120 cm³/mol. The molecule has 1 aliphatic rings. The summed E-state index contributed by atoms with van der Waals surface area (Å²) in [5.41, 5.74) is 3.44. The Morgan fingerprint density at radius 2 is 1.69 bits per heavy atom. The van der Waals surface area contributed by atoms with E-state index in [-0.39, 0.29) is 23.8 Å². The molecule has 2 aromatic rings. The van der Waals surface area contributed by atoms with Gasteiger partial charge in [-0.15, -0.1) is 12.4 Å². The number of rotatable bonds is 9. The summed E-state index contributed by atoms with van der Waals surface area (Å²) in [5.74, 6) is 0. The Balaban J connectivity index is 0.00000300. The lowest BCUT2D eigenvalue weighted by Crippen LogP contribution is -2.28. The molecule has 0 bridgehead atoms. The average Bonchev–Trinajstić information content (AvgIpc) is 3.12. The zero-order chi connectivity index (χ0) is 20.0. The van der Waals surface area contributed by atoms with Crippen LogP contribution in [0, 0.1) is 0 Å². The first-order chi connectivity index (χ1) is 13.5. The molecule has 0 radical (unpaired) electrons. The maximum Gasteiger partial charge on any atom is 0.240 e. The van der Waals surface area contributed by atoms with Crippen LogP contribution in [0.15, 0.2) is 53.4 Å². The van der Waals surface area contributed by atoms with Gasteiger partial charge in [-0.3, -0.25) is 0 Å². The summed E-state index contributed by atoms with van der Waals surface area (Å²) in [6.07, 6.45) is 3.69. The fourth-order valence-electron chi connectivity index (χ4n) is 3.65. The van der Waals surface area contributed by atoms with Gasteiger partial charge in [-0.25, -0.2) is 13.1 Å². The van der Waals surface area contributed by atoms with E-state index in [4.69, 9.17) is 4.74 Å². The number of likely N-dealkylation sites (tertiary alicyclic amines) is 1. The first-order valence-corrected chi connectivity index (χ1v) is 11.4. The van der Waals surface area contributed by atoms with E-state index in [1.54, 1.807) is 19.2 Å². The number of halogens is 1. The number of methoxy groups -OCH3 is 1. The van der Waals surface area contributed by atoms with Crippen LogP contribution in [0.25, 0.3) is 11.1 Å². The number of benzene rings is 2. The minimum atomic E-state index is -3.49. The van der Waals surface area contributed by atoms with Crippen molar-refractivity contribution in [2.45, 2.75) is 37.1 Å². The van der Waals surface area contributed by atoms with Crippen molar-refractivity contribution in [3.05, 3.63) is 54.1 Å². The molecule has 0 aliphatic carbocycles. The molecule has 1 atom stereocenters. The largest absolute Gasteiger partial charge is 0.383 e. The predicted octanol–water partition coefficient (Wildman–Crippen LogP) is 3.73. The van der Waals surface area contributed by atoms with Crippen LogP contribution in [0.4, 0.5) is 0 Å². The van der Waals surface area contributed by atoms with Crippen molar-refractivity contribution in [1.82, 2.24) is 9.62 Å². The molecule has 0 spiro atoms. The first-order valence-electron chi connectivity index (χ1n) is 9.91. The number of ether oxygens (including phenoxy) is 1. The number of hydrogen-bond acceptors (Lipinski definition) is 4. The summed E-state index contributed by atoms with van der Waals surface area (Å²) in [4.78, 5) is 2.83. The van der Waals surface area contributed by atoms with Crippen molar-refractivity contribution in [1.29, 1.82) is 0 Å². The minimum Gasteiger partial charge on any atom is -0.383 e. The van der Waals surface area contributed by atoms with E-state index in [9.17, 15) is 8.42 Å². The van der Waals surface area contributed by atoms with E-state index in [1.165, 1.54) is 24.9 Å². The Hall–Kier alpha value is -1.44. The van der Waals surface area contributed by atoms with Gasteiger partial charge < -0.3 is 9.64 Å². The molecule has 5 nitrogen and oxygen atoms in total. The Morgan fingerprint density at radius 3 is 2.24 bits per heavy atom. The number of sulfonamides is 1. The molecular formula is C22H31ClN2O3S. The van der Waals surface area contributed by atoms with Crippen molar-refractivity contribution in [2.75, 3.05) is 33.4 Å².